The zero-order valence-corrected chi connectivity index (χ0v) is 18.6. The maximum atomic E-state index is 6.95. The lowest BCUT2D eigenvalue weighted by Gasteiger charge is -2.43. The molecule has 0 radical (unpaired) electrons. The summed E-state index contributed by atoms with van der Waals surface area (Å²) in [5, 5.41) is 0. The third-order valence-corrected chi connectivity index (χ3v) is 6.92. The Morgan fingerprint density at radius 3 is 0.960 bits per heavy atom. The van der Waals surface area contributed by atoms with Crippen molar-refractivity contribution in [2.75, 3.05) is 0 Å². The molecule has 0 heterocycles. The van der Waals surface area contributed by atoms with Crippen molar-refractivity contribution >= 4 is 0 Å². The topological polar surface area (TPSA) is 9.23 Å². The molecule has 2 fully saturated rings. The Labute approximate surface area is 158 Å². The van der Waals surface area contributed by atoms with Gasteiger partial charge in [-0.15, -0.1) is 0 Å². The molecular weight excluding hydrogens is 304 g/mol. The second-order valence-corrected chi connectivity index (χ2v) is 12.6. The third-order valence-electron chi connectivity index (χ3n) is 6.92. The fourth-order valence-corrected chi connectivity index (χ4v) is 5.57. The smallest absolute Gasteiger partial charge is 0.0589 e. The Kier molecular flexibility index (Phi) is 6.40. The summed E-state index contributed by atoms with van der Waals surface area (Å²) in [5.74, 6) is 0. The van der Waals surface area contributed by atoms with Crippen LogP contribution in [-0.2, 0) is 4.74 Å². The van der Waals surface area contributed by atoms with Crippen LogP contribution in [0.5, 0.6) is 0 Å². The summed E-state index contributed by atoms with van der Waals surface area (Å²) in [6, 6.07) is 0. The van der Waals surface area contributed by atoms with Crippen molar-refractivity contribution in [2.45, 2.75) is 132 Å². The Balaban J connectivity index is 2.13. The maximum Gasteiger partial charge on any atom is 0.0589 e. The van der Waals surface area contributed by atoms with Crippen LogP contribution in [0.15, 0.2) is 0 Å². The molecule has 0 saturated heterocycles. The number of hydrogen-bond donors (Lipinski definition) is 0. The van der Waals surface area contributed by atoms with Crippen molar-refractivity contribution in [3.8, 4) is 0 Å². The zero-order chi connectivity index (χ0) is 18.9. The first-order valence-electron chi connectivity index (χ1n) is 10.9. The Bertz CT molecular complexity index is 353. The van der Waals surface area contributed by atoms with E-state index in [2.05, 4.69) is 55.4 Å². The molecule has 2 saturated carbocycles. The van der Waals surface area contributed by atoms with Crippen molar-refractivity contribution < 1.29 is 4.74 Å². The molecule has 2 aliphatic rings. The molecule has 0 bridgehead atoms. The van der Waals surface area contributed by atoms with Crippen LogP contribution in [0.25, 0.3) is 0 Å². The minimum Gasteiger partial charge on any atom is -0.375 e. The molecule has 0 aromatic heterocycles. The number of ether oxygens (including phenoxy) is 1. The van der Waals surface area contributed by atoms with Gasteiger partial charge in [0, 0.05) is 0 Å². The van der Waals surface area contributed by atoms with E-state index >= 15 is 0 Å². The van der Waals surface area contributed by atoms with Crippen LogP contribution < -0.4 is 0 Å². The highest BCUT2D eigenvalue weighted by Gasteiger charge is 2.37. The Morgan fingerprint density at radius 1 is 0.480 bits per heavy atom. The van der Waals surface area contributed by atoms with E-state index < -0.39 is 0 Å². The molecule has 2 rings (SSSR count). The second-order valence-electron chi connectivity index (χ2n) is 12.6. The highest BCUT2D eigenvalue weighted by atomic mass is 16.5. The molecule has 0 N–H and O–H groups in total. The first kappa shape index (κ1) is 21.3. The molecule has 0 aliphatic heterocycles. The van der Waals surface area contributed by atoms with Gasteiger partial charge in [-0.2, -0.15) is 0 Å². The van der Waals surface area contributed by atoms with Crippen LogP contribution in [0.2, 0.25) is 0 Å². The van der Waals surface area contributed by atoms with Gasteiger partial charge < -0.3 is 4.74 Å². The first-order valence-corrected chi connectivity index (χ1v) is 10.9. The summed E-state index contributed by atoms with van der Waals surface area (Å²) in [7, 11) is 0. The molecular formula is C24H46O. The average Bonchev–Trinajstić information content (AvgIpc) is 2.31. The predicted molar refractivity (Wildman–Crippen MR) is 110 cm³/mol. The van der Waals surface area contributed by atoms with E-state index in [0.717, 1.165) is 0 Å². The quantitative estimate of drug-likeness (QED) is 0.494. The predicted octanol–water partition coefficient (Wildman–Crippen LogP) is 7.77. The lowest BCUT2D eigenvalue weighted by molar-refractivity contribution is -0.0926. The summed E-state index contributed by atoms with van der Waals surface area (Å²) >= 11 is 0. The molecule has 0 amide bonds. The van der Waals surface area contributed by atoms with E-state index in [0.29, 0.717) is 33.9 Å². The summed E-state index contributed by atoms with van der Waals surface area (Å²) < 4.78 is 6.95. The highest BCUT2D eigenvalue weighted by molar-refractivity contribution is 4.88. The van der Waals surface area contributed by atoms with Crippen molar-refractivity contribution in [2.24, 2.45) is 21.7 Å². The first-order chi connectivity index (χ1) is 11.3. The van der Waals surface area contributed by atoms with Gasteiger partial charge in [0.1, 0.15) is 0 Å². The molecule has 148 valence electrons. The third kappa shape index (κ3) is 7.24. The lowest BCUT2D eigenvalue weighted by atomic mass is 9.70. The average molecular weight is 351 g/mol. The van der Waals surface area contributed by atoms with E-state index in [1.807, 2.05) is 0 Å². The monoisotopic (exact) mass is 350 g/mol. The van der Waals surface area contributed by atoms with Gasteiger partial charge in [-0.05, 0) is 73.0 Å². The molecule has 1 nitrogen and oxygen atoms in total. The minimum atomic E-state index is 0.424. The lowest BCUT2D eigenvalue weighted by Crippen LogP contribution is -2.38. The van der Waals surface area contributed by atoms with E-state index in [-0.39, 0.29) is 0 Å². The molecule has 0 aromatic rings. The Hall–Kier alpha value is -0.0400. The molecule has 2 aliphatic carbocycles. The van der Waals surface area contributed by atoms with E-state index in [4.69, 9.17) is 4.74 Å². The highest BCUT2D eigenvalue weighted by Crippen LogP contribution is 2.45. The molecule has 0 aromatic carbocycles. The second kappa shape index (κ2) is 7.53. The summed E-state index contributed by atoms with van der Waals surface area (Å²) in [5.41, 5.74) is 1.70. The van der Waals surface area contributed by atoms with Crippen LogP contribution in [0.1, 0.15) is 120 Å². The van der Waals surface area contributed by atoms with Crippen LogP contribution in [0.3, 0.4) is 0 Å². The molecule has 25 heavy (non-hydrogen) atoms. The minimum absolute atomic E-state index is 0.424. The van der Waals surface area contributed by atoms with E-state index in [9.17, 15) is 0 Å². The van der Waals surface area contributed by atoms with E-state index in [1.165, 1.54) is 64.2 Å². The maximum absolute atomic E-state index is 6.95. The van der Waals surface area contributed by atoms with Gasteiger partial charge in [-0.25, -0.2) is 0 Å². The normalized spacial score (nSPS) is 30.7. The van der Waals surface area contributed by atoms with Gasteiger partial charge in [0.05, 0.1) is 12.2 Å². The fraction of sp³-hybridized carbons (Fsp3) is 1.00. The van der Waals surface area contributed by atoms with Crippen molar-refractivity contribution in [3.63, 3.8) is 0 Å². The van der Waals surface area contributed by atoms with E-state index in [1.54, 1.807) is 0 Å². The molecule has 1 heteroatoms. The summed E-state index contributed by atoms with van der Waals surface area (Å²) in [4.78, 5) is 0. The number of hydrogen-bond acceptors (Lipinski definition) is 1. The molecule has 0 atom stereocenters. The van der Waals surface area contributed by atoms with Crippen molar-refractivity contribution in [1.82, 2.24) is 0 Å². The van der Waals surface area contributed by atoms with Gasteiger partial charge in [0.15, 0.2) is 0 Å². The van der Waals surface area contributed by atoms with Crippen LogP contribution in [0, 0.1) is 21.7 Å². The number of rotatable bonds is 2. The van der Waals surface area contributed by atoms with Gasteiger partial charge >= 0.3 is 0 Å². The van der Waals surface area contributed by atoms with Gasteiger partial charge in [-0.3, -0.25) is 0 Å². The molecule has 0 unspecified atom stereocenters. The van der Waals surface area contributed by atoms with Crippen LogP contribution in [0.4, 0.5) is 0 Å². The zero-order valence-electron chi connectivity index (χ0n) is 18.6. The fourth-order valence-electron chi connectivity index (χ4n) is 5.57. The van der Waals surface area contributed by atoms with Gasteiger partial charge in [0.25, 0.3) is 0 Å². The van der Waals surface area contributed by atoms with Crippen molar-refractivity contribution in [1.29, 1.82) is 0 Å². The Morgan fingerprint density at radius 2 is 0.720 bits per heavy atom. The van der Waals surface area contributed by atoms with Gasteiger partial charge in [0.2, 0.25) is 0 Å². The van der Waals surface area contributed by atoms with Crippen LogP contribution in [-0.4, -0.2) is 12.2 Å². The largest absolute Gasteiger partial charge is 0.375 e. The SMILES string of the molecule is CC1(C)CCCC(C)(C)CC(OC2CC(C)(C)CCCC(C)(C)C2)C1. The van der Waals surface area contributed by atoms with Crippen LogP contribution >= 0.6 is 0 Å². The standard InChI is InChI=1S/C24H46O/c1-21(2)11-9-12-22(3,4)16-19(15-21)25-20-17-23(5,6)13-10-14-24(7,8)18-20/h19-20H,9-18H2,1-8H3. The summed E-state index contributed by atoms with van der Waals surface area (Å²) in [6.07, 6.45) is 13.9. The van der Waals surface area contributed by atoms with Gasteiger partial charge in [-0.1, -0.05) is 68.2 Å². The molecule has 0 spiro atoms. The summed E-state index contributed by atoms with van der Waals surface area (Å²) in [6.45, 7) is 19.6. The van der Waals surface area contributed by atoms with Crippen molar-refractivity contribution in [3.05, 3.63) is 0 Å².